The van der Waals surface area contributed by atoms with Crippen LogP contribution in [0.5, 0.6) is 0 Å². The van der Waals surface area contributed by atoms with Crippen molar-refractivity contribution in [2.75, 3.05) is 24.6 Å². The number of nitrogens with one attached hydrogen (secondary N) is 1. The molecule has 4 atom stereocenters. The van der Waals surface area contributed by atoms with Gasteiger partial charge in [0, 0.05) is 12.2 Å². The number of amides is 2. The van der Waals surface area contributed by atoms with Gasteiger partial charge in [-0.3, -0.25) is 9.59 Å². The van der Waals surface area contributed by atoms with Crippen molar-refractivity contribution in [3.05, 3.63) is 42.5 Å². The van der Waals surface area contributed by atoms with Gasteiger partial charge in [-0.25, -0.2) is 0 Å². The maximum Gasteiger partial charge on any atom is 0.234 e. The fraction of sp³-hybridized carbons (Fsp3) is 0.412. The van der Waals surface area contributed by atoms with Crippen molar-refractivity contribution in [1.29, 1.82) is 0 Å². The summed E-state index contributed by atoms with van der Waals surface area (Å²) in [5.41, 5.74) is 0.106. The van der Waals surface area contributed by atoms with Crippen molar-refractivity contribution >= 4 is 17.5 Å². The van der Waals surface area contributed by atoms with Crippen molar-refractivity contribution in [1.82, 2.24) is 5.32 Å². The molecule has 1 spiro atoms. The number of rotatable bonds is 4. The highest BCUT2D eigenvalue weighted by atomic mass is 16.5. The van der Waals surface area contributed by atoms with Gasteiger partial charge < -0.3 is 20.1 Å². The number of hydrogen-bond donors (Lipinski definition) is 2. The number of carbonyl (C=O) groups excluding carboxylic acids is 2. The highest BCUT2D eigenvalue weighted by molar-refractivity contribution is 6.03. The minimum Gasteiger partial charge on any atom is -0.395 e. The van der Waals surface area contributed by atoms with Crippen LogP contribution in [0.2, 0.25) is 0 Å². The van der Waals surface area contributed by atoms with Gasteiger partial charge in [-0.2, -0.15) is 0 Å². The van der Waals surface area contributed by atoms with E-state index in [0.29, 0.717) is 6.54 Å². The van der Waals surface area contributed by atoms with E-state index in [9.17, 15) is 9.59 Å². The lowest BCUT2D eigenvalue weighted by atomic mass is 9.77. The Hall–Kier alpha value is -2.18. The van der Waals surface area contributed by atoms with Crippen molar-refractivity contribution in [3.63, 3.8) is 0 Å². The number of carbonyl (C=O) groups is 2. The van der Waals surface area contributed by atoms with Gasteiger partial charge in [0.2, 0.25) is 11.8 Å². The zero-order valence-corrected chi connectivity index (χ0v) is 12.5. The Kier molecular flexibility index (Phi) is 3.25. The maximum atomic E-state index is 12.9. The molecule has 1 aromatic rings. The molecule has 6 heteroatoms. The summed E-state index contributed by atoms with van der Waals surface area (Å²) >= 11 is 0. The summed E-state index contributed by atoms with van der Waals surface area (Å²) < 4.78 is 6.02. The van der Waals surface area contributed by atoms with E-state index in [0.717, 1.165) is 5.69 Å². The summed E-state index contributed by atoms with van der Waals surface area (Å²) in [6.45, 7) is 0.485. The van der Waals surface area contributed by atoms with Crippen molar-refractivity contribution < 1.29 is 19.4 Å². The average Bonchev–Trinajstić information content (AvgIpc) is 3.22. The summed E-state index contributed by atoms with van der Waals surface area (Å²) in [4.78, 5) is 27.1. The topological polar surface area (TPSA) is 78.9 Å². The van der Waals surface area contributed by atoms with Crippen molar-refractivity contribution in [2.45, 2.75) is 11.7 Å². The molecule has 6 nitrogen and oxygen atoms in total. The smallest absolute Gasteiger partial charge is 0.234 e. The number of nitrogens with zero attached hydrogens (tertiary/aromatic N) is 1. The molecule has 2 amide bonds. The fourth-order valence-corrected chi connectivity index (χ4v) is 3.92. The van der Waals surface area contributed by atoms with Crippen LogP contribution in [0.25, 0.3) is 0 Å². The predicted octanol–water partition coefficient (Wildman–Crippen LogP) is 0.0815. The second-order valence-electron chi connectivity index (χ2n) is 6.17. The molecule has 0 saturated carbocycles. The molecule has 0 unspecified atom stereocenters. The number of para-hydroxylation sites is 1. The Balaban J connectivity index is 1.65. The number of benzene rings is 1. The van der Waals surface area contributed by atoms with Gasteiger partial charge >= 0.3 is 0 Å². The van der Waals surface area contributed by atoms with E-state index >= 15 is 0 Å². The van der Waals surface area contributed by atoms with Gasteiger partial charge in [-0.15, -0.1) is 0 Å². The highest BCUT2D eigenvalue weighted by Crippen LogP contribution is 2.52. The van der Waals surface area contributed by atoms with Crippen LogP contribution in [-0.4, -0.2) is 48.3 Å². The Morgan fingerprint density at radius 3 is 2.91 bits per heavy atom. The largest absolute Gasteiger partial charge is 0.395 e. The molecule has 2 bridgehead atoms. The van der Waals surface area contributed by atoms with Gasteiger partial charge in [0.05, 0.1) is 31.1 Å². The van der Waals surface area contributed by atoms with E-state index in [1.807, 2.05) is 42.5 Å². The lowest BCUT2D eigenvalue weighted by molar-refractivity contribution is -0.132. The number of aliphatic hydroxyl groups excluding tert-OH is 1. The normalized spacial score (nSPS) is 34.0. The molecule has 0 aromatic heterocycles. The summed E-state index contributed by atoms with van der Waals surface area (Å²) in [5, 5.41) is 11.6. The lowest BCUT2D eigenvalue weighted by Crippen LogP contribution is -2.44. The lowest BCUT2D eigenvalue weighted by Gasteiger charge is -2.23. The predicted molar refractivity (Wildman–Crippen MR) is 82.6 cm³/mol. The Labute approximate surface area is 133 Å². The van der Waals surface area contributed by atoms with E-state index in [2.05, 4.69) is 5.32 Å². The fourth-order valence-electron chi connectivity index (χ4n) is 3.92. The Morgan fingerprint density at radius 2 is 2.17 bits per heavy atom. The summed E-state index contributed by atoms with van der Waals surface area (Å²) in [7, 11) is 0. The van der Waals surface area contributed by atoms with E-state index in [1.165, 1.54) is 0 Å². The highest BCUT2D eigenvalue weighted by Gasteiger charge is 2.66. The average molecular weight is 314 g/mol. The molecule has 3 aliphatic heterocycles. The second kappa shape index (κ2) is 5.18. The van der Waals surface area contributed by atoms with Crippen LogP contribution in [0.1, 0.15) is 0 Å². The Morgan fingerprint density at radius 1 is 1.39 bits per heavy atom. The standard InChI is InChI=1S/C17H18N2O4/c20-9-8-18-15(21)13-12-6-7-17(23-12)10-19(16(22)14(13)17)11-4-2-1-3-5-11/h1-7,12-14,20H,8-10H2,(H,18,21)/t12-,13-,14+,17+/m1/s1. The molecule has 2 fully saturated rings. The van der Waals surface area contributed by atoms with Crippen LogP contribution in [0.3, 0.4) is 0 Å². The van der Waals surface area contributed by atoms with Crippen LogP contribution in [0.15, 0.2) is 42.5 Å². The van der Waals surface area contributed by atoms with Crippen molar-refractivity contribution in [3.8, 4) is 0 Å². The molecule has 3 heterocycles. The first-order chi connectivity index (χ1) is 11.2. The molecular weight excluding hydrogens is 296 g/mol. The molecule has 0 aliphatic carbocycles. The Bertz CT molecular complexity index is 674. The molecule has 2 N–H and O–H groups in total. The molecule has 120 valence electrons. The molecule has 0 radical (unpaired) electrons. The molecular formula is C17H18N2O4. The monoisotopic (exact) mass is 314 g/mol. The number of anilines is 1. The van der Waals surface area contributed by atoms with Gasteiger partial charge in [-0.05, 0) is 12.1 Å². The van der Waals surface area contributed by atoms with E-state index in [4.69, 9.17) is 9.84 Å². The zero-order chi connectivity index (χ0) is 16.0. The van der Waals surface area contributed by atoms with E-state index in [-0.39, 0.29) is 31.1 Å². The molecule has 2 saturated heterocycles. The van der Waals surface area contributed by atoms with E-state index in [1.54, 1.807) is 4.90 Å². The summed E-state index contributed by atoms with van der Waals surface area (Å²) in [5.74, 6) is -1.35. The van der Waals surface area contributed by atoms with Gasteiger partial charge in [0.25, 0.3) is 0 Å². The maximum absolute atomic E-state index is 12.9. The third-order valence-corrected chi connectivity index (χ3v) is 4.88. The van der Waals surface area contributed by atoms with Crippen LogP contribution in [0, 0.1) is 11.8 Å². The first-order valence-electron chi connectivity index (χ1n) is 7.78. The first kappa shape index (κ1) is 14.4. The van der Waals surface area contributed by atoms with Crippen molar-refractivity contribution in [2.24, 2.45) is 11.8 Å². The van der Waals surface area contributed by atoms with Crippen LogP contribution >= 0.6 is 0 Å². The van der Waals surface area contributed by atoms with Gasteiger partial charge in [0.15, 0.2) is 0 Å². The SMILES string of the molecule is O=C(NCCO)[C@H]1[C@H]2C(=O)N(c3ccccc3)C[C@@]23C=C[C@H]1O3. The third-order valence-electron chi connectivity index (χ3n) is 4.88. The zero-order valence-electron chi connectivity index (χ0n) is 12.5. The first-order valence-corrected chi connectivity index (χ1v) is 7.78. The summed E-state index contributed by atoms with van der Waals surface area (Å²) in [6, 6.07) is 9.43. The molecule has 1 aromatic carbocycles. The minimum absolute atomic E-state index is 0.0767. The number of aliphatic hydroxyl groups is 1. The molecule has 23 heavy (non-hydrogen) atoms. The number of fused-ring (bicyclic) bond motifs is 1. The van der Waals surface area contributed by atoms with E-state index < -0.39 is 17.4 Å². The quantitative estimate of drug-likeness (QED) is 0.772. The molecule has 4 rings (SSSR count). The third kappa shape index (κ3) is 2.02. The van der Waals surface area contributed by atoms with Crippen LogP contribution < -0.4 is 10.2 Å². The van der Waals surface area contributed by atoms with Crippen LogP contribution in [0.4, 0.5) is 5.69 Å². The minimum atomic E-state index is -0.710. The summed E-state index contributed by atoms with van der Waals surface area (Å²) in [6.07, 6.45) is 3.45. The van der Waals surface area contributed by atoms with Gasteiger partial charge in [-0.1, -0.05) is 30.4 Å². The number of ether oxygens (including phenoxy) is 1. The van der Waals surface area contributed by atoms with Gasteiger partial charge in [0.1, 0.15) is 5.60 Å². The van der Waals surface area contributed by atoms with Crippen LogP contribution in [-0.2, 0) is 14.3 Å². The second-order valence-corrected chi connectivity index (χ2v) is 6.17. The molecule has 3 aliphatic rings. The number of hydrogen-bond acceptors (Lipinski definition) is 4.